The average Bonchev–Trinajstić information content (AvgIpc) is 2.53. The van der Waals surface area contributed by atoms with Crippen LogP contribution in [0.2, 0.25) is 0 Å². The molecule has 0 saturated heterocycles. The minimum atomic E-state index is -0.427. The Kier molecular flexibility index (Phi) is 8.06. The summed E-state index contributed by atoms with van der Waals surface area (Å²) in [6, 6.07) is 6.83. The van der Waals surface area contributed by atoms with Gasteiger partial charge in [0.15, 0.2) is 0 Å². The van der Waals surface area contributed by atoms with Gasteiger partial charge in [-0.2, -0.15) is 0 Å². The molecule has 1 saturated carbocycles. The number of benzene rings is 1. The number of methoxy groups -OCH3 is 1. The molecule has 0 N–H and O–H groups in total. The topological polar surface area (TPSA) is 51.1 Å². The maximum Gasteiger partial charge on any atom is 0.365 e. The van der Waals surface area contributed by atoms with Crippen LogP contribution in [0.5, 0.6) is 5.75 Å². The molecule has 0 aromatic heterocycles. The second kappa shape index (κ2) is 9.53. The molecule has 0 aliphatic heterocycles. The summed E-state index contributed by atoms with van der Waals surface area (Å²) in [5.74, 6) is 0.665. The first-order chi connectivity index (χ1) is 10.6. The smallest absolute Gasteiger partial charge is 0.365 e. The molecule has 2 rings (SSSR count). The van der Waals surface area contributed by atoms with Crippen LogP contribution in [0.4, 0.5) is 0 Å². The van der Waals surface area contributed by atoms with Crippen LogP contribution < -0.4 is 4.74 Å². The Balaban J connectivity index is 0.00000264. The second-order valence-corrected chi connectivity index (χ2v) is 5.89. The molecule has 0 amide bonds. The predicted molar refractivity (Wildman–Crippen MR) is 93.6 cm³/mol. The summed E-state index contributed by atoms with van der Waals surface area (Å²) < 4.78 is 5.07. The van der Waals surface area contributed by atoms with Gasteiger partial charge >= 0.3 is 5.97 Å². The largest absolute Gasteiger partial charge is 0.497 e. The van der Waals surface area contributed by atoms with Crippen molar-refractivity contribution in [3.05, 3.63) is 29.8 Å². The predicted octanol–water partition coefficient (Wildman–Crippen LogP) is 3.38. The van der Waals surface area contributed by atoms with Gasteiger partial charge in [-0.3, -0.25) is 0 Å². The van der Waals surface area contributed by atoms with Crippen molar-refractivity contribution in [1.82, 2.24) is 4.90 Å². The first-order valence-electron chi connectivity index (χ1n) is 7.67. The van der Waals surface area contributed by atoms with E-state index >= 15 is 0 Å². The van der Waals surface area contributed by atoms with Crippen molar-refractivity contribution in [3.8, 4) is 5.75 Å². The van der Waals surface area contributed by atoms with Crippen LogP contribution in [0.25, 0.3) is 0 Å². The Morgan fingerprint density at radius 1 is 1.26 bits per heavy atom. The molecule has 0 bridgehead atoms. The Hall–Kier alpha value is -1.59. The molecular formula is C17H25ClN2O3. The first kappa shape index (κ1) is 19.5. The highest BCUT2D eigenvalue weighted by atomic mass is 35.5. The molecule has 128 valence electrons. The van der Waals surface area contributed by atoms with E-state index in [1.165, 1.54) is 6.42 Å². The quantitative estimate of drug-likeness (QED) is 0.609. The molecule has 1 aromatic rings. The lowest BCUT2D eigenvalue weighted by atomic mass is 9.87. The van der Waals surface area contributed by atoms with Gasteiger partial charge in [-0.05, 0) is 57.6 Å². The maximum atomic E-state index is 12.0. The van der Waals surface area contributed by atoms with Crippen LogP contribution in [0.3, 0.4) is 0 Å². The van der Waals surface area contributed by atoms with Gasteiger partial charge < -0.3 is 14.5 Å². The van der Waals surface area contributed by atoms with Gasteiger partial charge in [0.05, 0.1) is 18.4 Å². The van der Waals surface area contributed by atoms with Crippen LogP contribution in [-0.2, 0) is 4.84 Å². The normalized spacial score (nSPS) is 19.3. The standard InChI is InChI=1S/C17H24N2O3.ClH/c1-19(2)12-14-6-4-5-7-16(14)18-22-17(20)13-8-10-15(21-3)11-9-13;/h8-11,14H,4-7,12H2,1-3H3;1H/b18-16+;. The molecule has 1 aromatic carbocycles. The SMILES string of the molecule is COc1ccc(C(=O)O/N=C2\CCCCC2CN(C)C)cc1.Cl. The molecule has 1 aliphatic rings. The van der Waals surface area contributed by atoms with Gasteiger partial charge in [0.25, 0.3) is 0 Å². The zero-order valence-corrected chi connectivity index (χ0v) is 14.8. The summed E-state index contributed by atoms with van der Waals surface area (Å²) in [6.45, 7) is 0.943. The summed E-state index contributed by atoms with van der Waals surface area (Å²) in [6.07, 6.45) is 4.35. The molecule has 5 nitrogen and oxygen atoms in total. The van der Waals surface area contributed by atoms with Crippen LogP contribution in [0, 0.1) is 5.92 Å². The average molecular weight is 341 g/mol. The fourth-order valence-electron chi connectivity index (χ4n) is 2.71. The molecule has 0 spiro atoms. The maximum absolute atomic E-state index is 12.0. The van der Waals surface area contributed by atoms with Gasteiger partial charge in [0.2, 0.25) is 0 Å². The van der Waals surface area contributed by atoms with Crippen molar-refractivity contribution in [1.29, 1.82) is 0 Å². The molecule has 0 radical (unpaired) electrons. The second-order valence-electron chi connectivity index (χ2n) is 5.89. The van der Waals surface area contributed by atoms with Crippen LogP contribution in [0.15, 0.2) is 29.4 Å². The fraction of sp³-hybridized carbons (Fsp3) is 0.529. The number of ether oxygens (including phenoxy) is 1. The highest BCUT2D eigenvalue weighted by Gasteiger charge is 2.22. The number of carbonyl (C=O) groups is 1. The van der Waals surface area contributed by atoms with Gasteiger partial charge in [-0.15, -0.1) is 12.4 Å². The third-order valence-corrected chi connectivity index (χ3v) is 3.86. The summed E-state index contributed by atoms with van der Waals surface area (Å²) in [4.78, 5) is 19.3. The Morgan fingerprint density at radius 2 is 1.96 bits per heavy atom. The van der Waals surface area contributed by atoms with Crippen LogP contribution in [-0.4, -0.2) is 44.3 Å². The number of oxime groups is 1. The van der Waals surface area contributed by atoms with E-state index in [4.69, 9.17) is 9.57 Å². The summed E-state index contributed by atoms with van der Waals surface area (Å²) >= 11 is 0. The molecular weight excluding hydrogens is 316 g/mol. The molecule has 1 fully saturated rings. The van der Waals surface area contributed by atoms with Gasteiger partial charge in [-0.1, -0.05) is 11.6 Å². The van der Waals surface area contributed by atoms with E-state index < -0.39 is 5.97 Å². The molecule has 1 aliphatic carbocycles. The lowest BCUT2D eigenvalue weighted by Gasteiger charge is -2.25. The van der Waals surface area contributed by atoms with Gasteiger partial charge in [0.1, 0.15) is 5.75 Å². The minimum Gasteiger partial charge on any atom is -0.497 e. The zero-order valence-electron chi connectivity index (χ0n) is 13.9. The molecule has 1 atom stereocenters. The monoisotopic (exact) mass is 340 g/mol. The molecule has 6 heteroatoms. The zero-order chi connectivity index (χ0) is 15.9. The summed E-state index contributed by atoms with van der Waals surface area (Å²) in [7, 11) is 5.69. The highest BCUT2D eigenvalue weighted by Crippen LogP contribution is 2.23. The van der Waals surface area contributed by atoms with E-state index in [1.54, 1.807) is 31.4 Å². The molecule has 0 heterocycles. The lowest BCUT2D eigenvalue weighted by Crippen LogP contribution is -2.30. The molecule has 23 heavy (non-hydrogen) atoms. The van der Waals surface area contributed by atoms with E-state index in [-0.39, 0.29) is 12.4 Å². The lowest BCUT2D eigenvalue weighted by molar-refractivity contribution is 0.0511. The van der Waals surface area contributed by atoms with Crippen molar-refractivity contribution in [2.45, 2.75) is 25.7 Å². The molecule has 1 unspecified atom stereocenters. The van der Waals surface area contributed by atoms with Crippen LogP contribution >= 0.6 is 12.4 Å². The number of carbonyl (C=O) groups excluding carboxylic acids is 1. The third-order valence-electron chi connectivity index (χ3n) is 3.86. The van der Waals surface area contributed by atoms with Gasteiger partial charge in [-0.25, -0.2) is 4.79 Å². The minimum absolute atomic E-state index is 0. The van der Waals surface area contributed by atoms with Crippen molar-refractivity contribution in [2.75, 3.05) is 27.7 Å². The number of rotatable bonds is 5. The van der Waals surface area contributed by atoms with E-state index in [1.807, 2.05) is 0 Å². The van der Waals surface area contributed by atoms with Crippen LogP contribution in [0.1, 0.15) is 36.0 Å². The van der Waals surface area contributed by atoms with Crippen molar-refractivity contribution in [2.24, 2.45) is 11.1 Å². The Bertz CT molecular complexity index is 529. The Morgan fingerprint density at radius 3 is 2.57 bits per heavy atom. The van der Waals surface area contributed by atoms with Crippen molar-refractivity contribution >= 4 is 24.1 Å². The summed E-state index contributed by atoms with van der Waals surface area (Å²) in [5.41, 5.74) is 1.48. The van der Waals surface area contributed by atoms with E-state index in [2.05, 4.69) is 24.2 Å². The Labute approximate surface area is 144 Å². The number of hydrogen-bond acceptors (Lipinski definition) is 5. The fourth-order valence-corrected chi connectivity index (χ4v) is 2.71. The van der Waals surface area contributed by atoms with E-state index in [0.717, 1.165) is 31.5 Å². The highest BCUT2D eigenvalue weighted by molar-refractivity contribution is 5.91. The van der Waals surface area contributed by atoms with Crippen molar-refractivity contribution < 1.29 is 14.4 Å². The summed E-state index contributed by atoms with van der Waals surface area (Å²) in [5, 5.41) is 4.15. The first-order valence-corrected chi connectivity index (χ1v) is 7.67. The van der Waals surface area contributed by atoms with Crippen molar-refractivity contribution in [3.63, 3.8) is 0 Å². The number of hydrogen-bond donors (Lipinski definition) is 0. The van der Waals surface area contributed by atoms with E-state index in [9.17, 15) is 4.79 Å². The number of halogens is 1. The van der Waals surface area contributed by atoms with Gasteiger partial charge in [0, 0.05) is 12.5 Å². The number of nitrogens with zero attached hydrogens (tertiary/aromatic N) is 2. The van der Waals surface area contributed by atoms with E-state index in [0.29, 0.717) is 17.2 Å². The third kappa shape index (κ3) is 5.84.